The summed E-state index contributed by atoms with van der Waals surface area (Å²) in [5.41, 5.74) is 1.14. The molecule has 1 heterocycles. The Kier molecular flexibility index (Phi) is 7.47. The number of amides is 1. The molecule has 1 atom stereocenters. The number of hydrogen-bond acceptors (Lipinski definition) is 5. The summed E-state index contributed by atoms with van der Waals surface area (Å²) in [5, 5.41) is 11.5. The van der Waals surface area contributed by atoms with Gasteiger partial charge in [0.05, 0.1) is 12.7 Å². The number of aliphatic carboxylic acids is 1. The molecular formula is C22H25NO6. The summed E-state index contributed by atoms with van der Waals surface area (Å²) >= 11 is 0. The van der Waals surface area contributed by atoms with Crippen molar-refractivity contribution in [3.63, 3.8) is 0 Å². The van der Waals surface area contributed by atoms with Gasteiger partial charge in [-0.1, -0.05) is 6.07 Å². The van der Waals surface area contributed by atoms with Crippen LogP contribution in [0, 0.1) is 0 Å². The van der Waals surface area contributed by atoms with Crippen LogP contribution in [0.15, 0.2) is 48.5 Å². The highest BCUT2D eigenvalue weighted by Gasteiger charge is 2.16. The van der Waals surface area contributed by atoms with Crippen LogP contribution in [0.2, 0.25) is 0 Å². The lowest BCUT2D eigenvalue weighted by Gasteiger charge is -2.12. The third kappa shape index (κ3) is 6.80. The van der Waals surface area contributed by atoms with E-state index in [0.717, 1.165) is 19.4 Å². The average Bonchev–Trinajstić information content (AvgIpc) is 3.25. The van der Waals surface area contributed by atoms with E-state index in [4.69, 9.17) is 19.3 Å². The molecule has 1 fully saturated rings. The van der Waals surface area contributed by atoms with E-state index in [1.54, 1.807) is 42.5 Å². The maximum absolute atomic E-state index is 12.5. The molecule has 0 radical (unpaired) electrons. The van der Waals surface area contributed by atoms with Crippen LogP contribution in [0.3, 0.4) is 0 Å². The van der Waals surface area contributed by atoms with E-state index in [2.05, 4.69) is 5.32 Å². The number of rotatable bonds is 10. The predicted molar refractivity (Wildman–Crippen MR) is 108 cm³/mol. The smallest absolute Gasteiger partial charge is 0.303 e. The fourth-order valence-electron chi connectivity index (χ4n) is 2.94. The van der Waals surface area contributed by atoms with Gasteiger partial charge in [0.2, 0.25) is 0 Å². The first-order chi connectivity index (χ1) is 14.1. The maximum Gasteiger partial charge on any atom is 0.303 e. The van der Waals surface area contributed by atoms with Gasteiger partial charge in [-0.15, -0.1) is 0 Å². The SMILES string of the molecule is O=C(O)CCCOc1ccc(NC(=O)c2cccc(OCC3CCCO3)c2)cc1. The molecule has 3 rings (SSSR count). The number of anilines is 1. The van der Waals surface area contributed by atoms with Crippen LogP contribution in [0.4, 0.5) is 5.69 Å². The van der Waals surface area contributed by atoms with Gasteiger partial charge < -0.3 is 24.6 Å². The van der Waals surface area contributed by atoms with Crippen molar-refractivity contribution in [1.82, 2.24) is 0 Å². The molecule has 29 heavy (non-hydrogen) atoms. The van der Waals surface area contributed by atoms with Gasteiger partial charge in [0.25, 0.3) is 5.91 Å². The van der Waals surface area contributed by atoms with Crippen LogP contribution in [0.1, 0.15) is 36.0 Å². The summed E-state index contributed by atoms with van der Waals surface area (Å²) in [6, 6.07) is 14.0. The van der Waals surface area contributed by atoms with Gasteiger partial charge in [-0.2, -0.15) is 0 Å². The lowest BCUT2D eigenvalue weighted by atomic mass is 10.2. The molecule has 1 saturated heterocycles. The van der Waals surface area contributed by atoms with Crippen molar-refractivity contribution >= 4 is 17.6 Å². The molecule has 2 N–H and O–H groups in total. The topological polar surface area (TPSA) is 94.1 Å². The van der Waals surface area contributed by atoms with Crippen molar-refractivity contribution in [2.75, 3.05) is 25.1 Å². The summed E-state index contributed by atoms with van der Waals surface area (Å²) in [4.78, 5) is 23.0. The van der Waals surface area contributed by atoms with Gasteiger partial charge in [-0.05, 0) is 61.7 Å². The van der Waals surface area contributed by atoms with E-state index in [9.17, 15) is 9.59 Å². The summed E-state index contributed by atoms with van der Waals surface area (Å²) in [5.74, 6) is 0.187. The van der Waals surface area contributed by atoms with Gasteiger partial charge in [0.15, 0.2) is 0 Å². The zero-order valence-corrected chi connectivity index (χ0v) is 16.1. The highest BCUT2D eigenvalue weighted by Crippen LogP contribution is 2.20. The monoisotopic (exact) mass is 399 g/mol. The lowest BCUT2D eigenvalue weighted by molar-refractivity contribution is -0.137. The number of carboxylic acids is 1. The minimum atomic E-state index is -0.840. The Morgan fingerprint density at radius 2 is 1.93 bits per heavy atom. The molecule has 154 valence electrons. The number of hydrogen-bond donors (Lipinski definition) is 2. The zero-order chi connectivity index (χ0) is 20.5. The van der Waals surface area contributed by atoms with Crippen LogP contribution in [0.25, 0.3) is 0 Å². The first-order valence-corrected chi connectivity index (χ1v) is 9.70. The van der Waals surface area contributed by atoms with Crippen LogP contribution >= 0.6 is 0 Å². The molecule has 0 aliphatic carbocycles. The summed E-state index contributed by atoms with van der Waals surface area (Å²) < 4.78 is 16.8. The second kappa shape index (κ2) is 10.5. The third-order valence-corrected chi connectivity index (χ3v) is 4.47. The molecule has 0 spiro atoms. The second-order valence-electron chi connectivity index (χ2n) is 6.80. The van der Waals surface area contributed by atoms with E-state index >= 15 is 0 Å². The van der Waals surface area contributed by atoms with Crippen LogP contribution < -0.4 is 14.8 Å². The van der Waals surface area contributed by atoms with Crippen LogP contribution in [-0.4, -0.2) is 42.9 Å². The van der Waals surface area contributed by atoms with Crippen LogP contribution in [0.5, 0.6) is 11.5 Å². The van der Waals surface area contributed by atoms with Crippen LogP contribution in [-0.2, 0) is 9.53 Å². The quantitative estimate of drug-likeness (QED) is 0.591. The molecule has 1 amide bonds. The molecule has 0 aromatic heterocycles. The summed E-state index contributed by atoms with van der Waals surface area (Å²) in [6.45, 7) is 1.60. The van der Waals surface area contributed by atoms with Gasteiger partial charge in [-0.25, -0.2) is 0 Å². The predicted octanol–water partition coefficient (Wildman–Crippen LogP) is 3.74. The first-order valence-electron chi connectivity index (χ1n) is 9.70. The molecule has 7 nitrogen and oxygen atoms in total. The number of benzene rings is 2. The minimum absolute atomic E-state index is 0.0740. The normalized spacial score (nSPS) is 15.7. The second-order valence-corrected chi connectivity index (χ2v) is 6.80. The van der Waals surface area contributed by atoms with Crippen molar-refractivity contribution in [3.8, 4) is 11.5 Å². The van der Waals surface area contributed by atoms with E-state index in [0.29, 0.717) is 42.4 Å². The maximum atomic E-state index is 12.5. The van der Waals surface area contributed by atoms with Crippen molar-refractivity contribution < 1.29 is 28.9 Å². The number of carbonyl (C=O) groups excluding carboxylic acids is 1. The van der Waals surface area contributed by atoms with Gasteiger partial charge >= 0.3 is 5.97 Å². The molecular weight excluding hydrogens is 374 g/mol. The van der Waals surface area contributed by atoms with Gasteiger partial charge in [0, 0.05) is 24.3 Å². The summed E-state index contributed by atoms with van der Waals surface area (Å²) in [6.07, 6.45) is 2.70. The molecule has 2 aromatic rings. The fourth-order valence-corrected chi connectivity index (χ4v) is 2.94. The Bertz CT molecular complexity index is 814. The molecule has 2 aromatic carbocycles. The average molecular weight is 399 g/mol. The molecule has 1 aliphatic heterocycles. The molecule has 0 bridgehead atoms. The highest BCUT2D eigenvalue weighted by atomic mass is 16.5. The Hall–Kier alpha value is -3.06. The molecule has 0 saturated carbocycles. The lowest BCUT2D eigenvalue weighted by Crippen LogP contribution is -2.17. The van der Waals surface area contributed by atoms with E-state index in [1.165, 1.54) is 0 Å². The Balaban J connectivity index is 1.49. The third-order valence-electron chi connectivity index (χ3n) is 4.47. The van der Waals surface area contributed by atoms with E-state index in [-0.39, 0.29) is 18.4 Å². The minimum Gasteiger partial charge on any atom is -0.494 e. The Morgan fingerprint density at radius 3 is 2.66 bits per heavy atom. The first kappa shape index (κ1) is 20.7. The van der Waals surface area contributed by atoms with E-state index < -0.39 is 5.97 Å². The van der Waals surface area contributed by atoms with Crippen molar-refractivity contribution in [1.29, 1.82) is 0 Å². The van der Waals surface area contributed by atoms with Gasteiger partial charge in [0.1, 0.15) is 18.1 Å². The summed E-state index contributed by atoms with van der Waals surface area (Å²) in [7, 11) is 0. The molecule has 7 heteroatoms. The number of carboxylic acid groups (broad SMARTS) is 1. The zero-order valence-electron chi connectivity index (χ0n) is 16.1. The number of carbonyl (C=O) groups is 2. The van der Waals surface area contributed by atoms with Crippen molar-refractivity contribution in [2.45, 2.75) is 31.8 Å². The highest BCUT2D eigenvalue weighted by molar-refractivity contribution is 6.04. The number of ether oxygens (including phenoxy) is 3. The Labute approximate surface area is 169 Å². The number of nitrogens with one attached hydrogen (secondary N) is 1. The standard InChI is InChI=1S/C22H25NO6/c24-21(25)7-3-13-27-18-10-8-17(9-11-18)23-22(26)16-4-1-5-19(14-16)29-15-20-6-2-12-28-20/h1,4-5,8-11,14,20H,2-3,6-7,12-13,15H2,(H,23,26)(H,24,25). The molecule has 1 unspecified atom stereocenters. The van der Waals surface area contributed by atoms with Gasteiger partial charge in [-0.3, -0.25) is 9.59 Å². The fraction of sp³-hybridized carbons (Fsp3) is 0.364. The van der Waals surface area contributed by atoms with Crippen molar-refractivity contribution in [2.24, 2.45) is 0 Å². The van der Waals surface area contributed by atoms with Crippen molar-refractivity contribution in [3.05, 3.63) is 54.1 Å². The largest absolute Gasteiger partial charge is 0.494 e. The Morgan fingerprint density at radius 1 is 1.10 bits per heavy atom. The molecule has 1 aliphatic rings. The van der Waals surface area contributed by atoms with E-state index in [1.807, 2.05) is 6.07 Å².